The number of methoxy groups -OCH3 is 1. The zero-order chi connectivity index (χ0) is 18.7. The lowest BCUT2D eigenvalue weighted by atomic mass is 9.52. The Kier molecular flexibility index (Phi) is 4.11. The van der Waals surface area contributed by atoms with Crippen molar-refractivity contribution in [3.8, 4) is 5.75 Å². The van der Waals surface area contributed by atoms with Gasteiger partial charge in [0.05, 0.1) is 18.1 Å². The SMILES string of the molecule is COc1cc(C)cc(C(C)(C)C(=O)NC2[C@@H]3CC4C[C@H]2CC(O)(C4)C3)c1. The van der Waals surface area contributed by atoms with Crippen molar-refractivity contribution < 1.29 is 14.6 Å². The molecule has 1 amide bonds. The summed E-state index contributed by atoms with van der Waals surface area (Å²) in [4.78, 5) is 13.2. The average Bonchev–Trinajstić information content (AvgIpc) is 2.55. The number of nitrogens with one attached hydrogen (secondary N) is 1. The number of hydrogen-bond donors (Lipinski definition) is 2. The van der Waals surface area contributed by atoms with E-state index in [1.165, 1.54) is 0 Å². The summed E-state index contributed by atoms with van der Waals surface area (Å²) in [5.41, 5.74) is 0.994. The van der Waals surface area contributed by atoms with E-state index < -0.39 is 11.0 Å². The van der Waals surface area contributed by atoms with Crippen LogP contribution in [0, 0.1) is 24.7 Å². The minimum absolute atomic E-state index is 0.0783. The summed E-state index contributed by atoms with van der Waals surface area (Å²) in [6.45, 7) is 6.00. The van der Waals surface area contributed by atoms with Gasteiger partial charge in [-0.25, -0.2) is 0 Å². The molecule has 2 N–H and O–H groups in total. The summed E-state index contributed by atoms with van der Waals surface area (Å²) in [5, 5.41) is 14.1. The smallest absolute Gasteiger partial charge is 0.230 e. The van der Waals surface area contributed by atoms with Crippen LogP contribution in [0.2, 0.25) is 0 Å². The van der Waals surface area contributed by atoms with Crippen LogP contribution in [0.25, 0.3) is 0 Å². The normalized spacial score (nSPS) is 35.4. The fraction of sp³-hybridized carbons (Fsp3) is 0.682. The third-order valence-electron chi connectivity index (χ3n) is 7.11. The van der Waals surface area contributed by atoms with Crippen LogP contribution in [0.3, 0.4) is 0 Å². The quantitative estimate of drug-likeness (QED) is 0.869. The lowest BCUT2D eigenvalue weighted by molar-refractivity contribution is -0.148. The second-order valence-corrected chi connectivity index (χ2v) is 9.56. The molecule has 4 aliphatic carbocycles. The molecule has 4 saturated carbocycles. The second kappa shape index (κ2) is 5.98. The number of benzene rings is 1. The Balaban J connectivity index is 1.54. The number of carbonyl (C=O) groups excluding carboxylic acids is 1. The van der Waals surface area contributed by atoms with Gasteiger partial charge < -0.3 is 15.2 Å². The highest BCUT2D eigenvalue weighted by Gasteiger charge is 2.55. The summed E-state index contributed by atoms with van der Waals surface area (Å²) in [5.74, 6) is 2.38. The maximum absolute atomic E-state index is 13.2. The van der Waals surface area contributed by atoms with Gasteiger partial charge in [-0.15, -0.1) is 0 Å². The molecule has 5 rings (SSSR count). The zero-order valence-electron chi connectivity index (χ0n) is 16.3. The van der Waals surface area contributed by atoms with Crippen LogP contribution < -0.4 is 10.1 Å². The van der Waals surface area contributed by atoms with Crippen molar-refractivity contribution in [1.82, 2.24) is 5.32 Å². The standard InChI is InChI=1S/C22H31NO3/c1-13-5-17(9-18(6-13)26-4)21(2,3)20(24)23-19-15-7-14-8-16(19)12-22(25,10-14)11-15/h5-6,9,14-16,19,25H,7-8,10-12H2,1-4H3,(H,23,24)/t14?,15-,16+,19?,22?. The Hall–Kier alpha value is -1.55. The number of ether oxygens (including phenoxy) is 1. The largest absolute Gasteiger partial charge is 0.497 e. The van der Waals surface area contributed by atoms with E-state index in [2.05, 4.69) is 11.4 Å². The maximum atomic E-state index is 13.2. The number of carbonyl (C=O) groups is 1. The van der Waals surface area contributed by atoms with Gasteiger partial charge in [-0.05, 0) is 93.9 Å². The molecule has 4 heteroatoms. The van der Waals surface area contributed by atoms with E-state index in [0.717, 1.165) is 49.0 Å². The van der Waals surface area contributed by atoms with Crippen molar-refractivity contribution in [2.75, 3.05) is 7.11 Å². The van der Waals surface area contributed by atoms with Crippen LogP contribution in [-0.4, -0.2) is 29.8 Å². The van der Waals surface area contributed by atoms with Crippen molar-refractivity contribution in [1.29, 1.82) is 0 Å². The molecule has 0 spiro atoms. The lowest BCUT2D eigenvalue weighted by Gasteiger charge is -2.58. The molecule has 4 bridgehead atoms. The van der Waals surface area contributed by atoms with E-state index in [0.29, 0.717) is 17.8 Å². The first-order chi connectivity index (χ1) is 12.2. The van der Waals surface area contributed by atoms with E-state index in [4.69, 9.17) is 4.74 Å². The Morgan fingerprint density at radius 3 is 2.42 bits per heavy atom. The molecule has 0 aromatic heterocycles. The molecule has 5 atom stereocenters. The molecule has 1 aromatic rings. The molecule has 4 aliphatic rings. The number of aliphatic hydroxyl groups is 1. The minimum Gasteiger partial charge on any atom is -0.497 e. The van der Waals surface area contributed by atoms with Crippen molar-refractivity contribution >= 4 is 5.91 Å². The Labute approximate surface area is 156 Å². The van der Waals surface area contributed by atoms with Crippen LogP contribution in [0.5, 0.6) is 5.75 Å². The monoisotopic (exact) mass is 357 g/mol. The Bertz CT molecular complexity index is 710. The number of aryl methyl sites for hydroxylation is 1. The van der Waals surface area contributed by atoms with Crippen LogP contribution in [-0.2, 0) is 10.2 Å². The van der Waals surface area contributed by atoms with Gasteiger partial charge in [0.15, 0.2) is 0 Å². The molecule has 0 saturated heterocycles. The molecule has 4 nitrogen and oxygen atoms in total. The van der Waals surface area contributed by atoms with E-state index in [1.54, 1.807) is 7.11 Å². The van der Waals surface area contributed by atoms with Gasteiger partial charge in [-0.3, -0.25) is 4.79 Å². The van der Waals surface area contributed by atoms with Gasteiger partial charge in [-0.1, -0.05) is 6.07 Å². The highest BCUT2D eigenvalue weighted by Crippen LogP contribution is 2.55. The molecule has 0 radical (unpaired) electrons. The Morgan fingerprint density at radius 2 is 1.85 bits per heavy atom. The summed E-state index contributed by atoms with van der Waals surface area (Å²) in [6, 6.07) is 6.23. The van der Waals surface area contributed by atoms with Crippen LogP contribution in [0.4, 0.5) is 0 Å². The highest BCUT2D eigenvalue weighted by molar-refractivity contribution is 5.87. The minimum atomic E-state index is -0.620. The van der Waals surface area contributed by atoms with Gasteiger partial charge in [-0.2, -0.15) is 0 Å². The van der Waals surface area contributed by atoms with Crippen molar-refractivity contribution in [2.24, 2.45) is 17.8 Å². The summed E-state index contributed by atoms with van der Waals surface area (Å²) < 4.78 is 5.39. The van der Waals surface area contributed by atoms with Gasteiger partial charge in [0.2, 0.25) is 5.91 Å². The predicted octanol–water partition coefficient (Wildman–Crippen LogP) is 3.34. The molecular weight excluding hydrogens is 326 g/mol. The van der Waals surface area contributed by atoms with Gasteiger partial charge in [0.25, 0.3) is 0 Å². The Morgan fingerprint density at radius 1 is 1.19 bits per heavy atom. The summed E-state index contributed by atoms with van der Waals surface area (Å²) >= 11 is 0. The van der Waals surface area contributed by atoms with E-state index in [1.807, 2.05) is 32.9 Å². The first-order valence-corrected chi connectivity index (χ1v) is 9.90. The van der Waals surface area contributed by atoms with Crippen LogP contribution >= 0.6 is 0 Å². The first kappa shape index (κ1) is 17.8. The molecule has 3 unspecified atom stereocenters. The third-order valence-corrected chi connectivity index (χ3v) is 7.11. The zero-order valence-corrected chi connectivity index (χ0v) is 16.3. The maximum Gasteiger partial charge on any atom is 0.230 e. The molecule has 0 heterocycles. The van der Waals surface area contributed by atoms with E-state index >= 15 is 0 Å². The van der Waals surface area contributed by atoms with Crippen LogP contribution in [0.15, 0.2) is 18.2 Å². The third kappa shape index (κ3) is 2.92. The van der Waals surface area contributed by atoms with Crippen molar-refractivity contribution in [3.05, 3.63) is 29.3 Å². The molecule has 1 aromatic carbocycles. The van der Waals surface area contributed by atoms with Crippen molar-refractivity contribution in [2.45, 2.75) is 69.9 Å². The number of hydrogen-bond acceptors (Lipinski definition) is 3. The molecule has 0 aliphatic heterocycles. The summed E-state index contributed by atoms with van der Waals surface area (Å²) in [7, 11) is 1.66. The second-order valence-electron chi connectivity index (χ2n) is 9.56. The molecule has 142 valence electrons. The molecular formula is C22H31NO3. The number of amides is 1. The van der Waals surface area contributed by atoms with E-state index in [9.17, 15) is 9.90 Å². The topological polar surface area (TPSA) is 58.6 Å². The van der Waals surface area contributed by atoms with E-state index in [-0.39, 0.29) is 11.9 Å². The lowest BCUT2D eigenvalue weighted by Crippen LogP contribution is -2.62. The first-order valence-electron chi connectivity index (χ1n) is 9.90. The predicted molar refractivity (Wildman–Crippen MR) is 101 cm³/mol. The van der Waals surface area contributed by atoms with Gasteiger partial charge in [0.1, 0.15) is 5.75 Å². The average molecular weight is 357 g/mol. The fourth-order valence-corrected chi connectivity index (χ4v) is 5.91. The molecule has 26 heavy (non-hydrogen) atoms. The van der Waals surface area contributed by atoms with Gasteiger partial charge in [0, 0.05) is 6.04 Å². The fourth-order valence-electron chi connectivity index (χ4n) is 5.91. The molecule has 4 fully saturated rings. The number of rotatable bonds is 4. The summed E-state index contributed by atoms with van der Waals surface area (Å²) in [6.07, 6.45) is 4.98. The van der Waals surface area contributed by atoms with Crippen LogP contribution in [0.1, 0.15) is 57.1 Å². The highest BCUT2D eigenvalue weighted by atomic mass is 16.5. The van der Waals surface area contributed by atoms with Crippen molar-refractivity contribution in [3.63, 3.8) is 0 Å². The van der Waals surface area contributed by atoms with Gasteiger partial charge >= 0.3 is 0 Å².